The third-order valence-corrected chi connectivity index (χ3v) is 2.47. The molecule has 2 rings (SSSR count). The van der Waals surface area contributed by atoms with E-state index in [1.165, 1.54) is 6.08 Å². The maximum absolute atomic E-state index is 10.8. The van der Waals surface area contributed by atoms with Crippen molar-refractivity contribution >= 4 is 23.1 Å². The molecule has 6 nitrogen and oxygen atoms in total. The molecule has 0 bridgehead atoms. The summed E-state index contributed by atoms with van der Waals surface area (Å²) < 4.78 is 5.63. The normalized spacial score (nSPS) is 12.2. The van der Waals surface area contributed by atoms with Crippen molar-refractivity contribution in [3.8, 4) is 5.88 Å². The highest BCUT2D eigenvalue weighted by molar-refractivity contribution is 5.93. The van der Waals surface area contributed by atoms with Gasteiger partial charge in [-0.05, 0) is 11.5 Å². The minimum atomic E-state index is -0.507. The van der Waals surface area contributed by atoms with Crippen LogP contribution >= 0.6 is 0 Å². The molecule has 0 spiro atoms. The number of ether oxygens (including phenoxy) is 1. The van der Waals surface area contributed by atoms with Crippen LogP contribution in [0.4, 0.5) is 0 Å². The predicted octanol–water partition coefficient (Wildman–Crippen LogP) is 1.88. The van der Waals surface area contributed by atoms with Crippen molar-refractivity contribution in [1.29, 1.82) is 0 Å². The summed E-state index contributed by atoms with van der Waals surface area (Å²) >= 11 is 0. The smallest absolute Gasteiger partial charge is 0.241 e. The summed E-state index contributed by atoms with van der Waals surface area (Å²) in [6.45, 7) is 6.78. The average molecular weight is 274 g/mol. The summed E-state index contributed by atoms with van der Waals surface area (Å²) in [5.74, 6) is -0.0480. The Hall–Kier alpha value is -2.37. The Labute approximate surface area is 117 Å². The molecule has 0 saturated heterocycles. The van der Waals surface area contributed by atoms with Crippen molar-refractivity contribution in [2.45, 2.75) is 20.8 Å². The molecule has 2 heterocycles. The van der Waals surface area contributed by atoms with E-state index in [0.29, 0.717) is 23.7 Å². The van der Waals surface area contributed by atoms with Crippen LogP contribution < -0.4 is 10.5 Å². The van der Waals surface area contributed by atoms with Crippen molar-refractivity contribution in [1.82, 2.24) is 15.0 Å². The molecule has 106 valence electrons. The maximum atomic E-state index is 10.8. The second-order valence-corrected chi connectivity index (χ2v) is 5.73. The number of aromatic nitrogens is 3. The van der Waals surface area contributed by atoms with E-state index in [9.17, 15) is 4.79 Å². The Bertz CT molecular complexity index is 653. The van der Waals surface area contributed by atoms with Crippen LogP contribution in [-0.4, -0.2) is 27.5 Å². The summed E-state index contributed by atoms with van der Waals surface area (Å²) in [6, 6.07) is 0. The van der Waals surface area contributed by atoms with Crippen LogP contribution in [0.5, 0.6) is 5.88 Å². The Morgan fingerprint density at radius 3 is 2.90 bits per heavy atom. The first-order valence-electron chi connectivity index (χ1n) is 6.29. The Morgan fingerprint density at radius 1 is 1.50 bits per heavy atom. The lowest BCUT2D eigenvalue weighted by Gasteiger charge is -2.17. The Kier molecular flexibility index (Phi) is 3.74. The molecule has 0 fully saturated rings. The number of carbonyl (C=O) groups excluding carboxylic acids is 1. The van der Waals surface area contributed by atoms with Gasteiger partial charge in [-0.15, -0.1) is 0 Å². The Morgan fingerprint density at radius 2 is 2.25 bits per heavy atom. The molecular formula is C14H18N4O2. The summed E-state index contributed by atoms with van der Waals surface area (Å²) in [6.07, 6.45) is 6.18. The van der Waals surface area contributed by atoms with Gasteiger partial charge in [-0.2, -0.15) is 0 Å². The lowest BCUT2D eigenvalue weighted by Crippen LogP contribution is -2.17. The fraction of sp³-hybridized carbons (Fsp3) is 0.357. The second kappa shape index (κ2) is 5.32. The van der Waals surface area contributed by atoms with Gasteiger partial charge in [0, 0.05) is 17.8 Å². The van der Waals surface area contributed by atoms with E-state index in [1.807, 2.05) is 0 Å². The molecule has 0 atom stereocenters. The third kappa shape index (κ3) is 3.57. The number of rotatable bonds is 4. The molecule has 2 aromatic rings. The minimum Gasteiger partial charge on any atom is -0.476 e. The van der Waals surface area contributed by atoms with Crippen LogP contribution in [0.25, 0.3) is 17.2 Å². The van der Waals surface area contributed by atoms with Crippen LogP contribution in [0.1, 0.15) is 26.3 Å². The van der Waals surface area contributed by atoms with Crippen LogP contribution in [0.15, 0.2) is 18.5 Å². The summed E-state index contributed by atoms with van der Waals surface area (Å²) in [5.41, 5.74) is 7.15. The molecule has 0 aliphatic rings. The number of hydrogen-bond acceptors (Lipinski definition) is 4. The van der Waals surface area contributed by atoms with E-state index in [4.69, 9.17) is 10.5 Å². The molecule has 0 unspecified atom stereocenters. The largest absolute Gasteiger partial charge is 0.476 e. The standard InChI is InChI=1S/C14H18N4O2/c1-14(2,3)8-20-11-7-17-13-12(18-11)9(6-16-13)4-5-10(15)19/h4-7H,8H2,1-3H3,(H2,15,19)(H,16,17)/b5-4+. The van der Waals surface area contributed by atoms with Crippen molar-refractivity contribution in [3.05, 3.63) is 24.0 Å². The zero-order valence-electron chi connectivity index (χ0n) is 11.8. The first kappa shape index (κ1) is 14.0. The van der Waals surface area contributed by atoms with E-state index < -0.39 is 5.91 Å². The topological polar surface area (TPSA) is 93.9 Å². The van der Waals surface area contributed by atoms with Gasteiger partial charge >= 0.3 is 0 Å². The van der Waals surface area contributed by atoms with E-state index in [0.717, 1.165) is 5.56 Å². The van der Waals surface area contributed by atoms with E-state index >= 15 is 0 Å². The van der Waals surface area contributed by atoms with Crippen LogP contribution in [-0.2, 0) is 4.79 Å². The molecule has 0 aliphatic heterocycles. The molecule has 0 aromatic carbocycles. The number of carbonyl (C=O) groups is 1. The van der Waals surface area contributed by atoms with E-state index in [2.05, 4.69) is 35.7 Å². The highest BCUT2D eigenvalue weighted by atomic mass is 16.5. The van der Waals surface area contributed by atoms with Gasteiger partial charge in [0.15, 0.2) is 5.65 Å². The van der Waals surface area contributed by atoms with Gasteiger partial charge in [0.2, 0.25) is 11.8 Å². The third-order valence-electron chi connectivity index (χ3n) is 2.47. The molecule has 20 heavy (non-hydrogen) atoms. The maximum Gasteiger partial charge on any atom is 0.241 e. The molecule has 3 N–H and O–H groups in total. The van der Waals surface area contributed by atoms with Crippen LogP contribution in [0, 0.1) is 5.41 Å². The lowest BCUT2D eigenvalue weighted by atomic mass is 9.99. The number of amides is 1. The Balaban J connectivity index is 2.27. The van der Waals surface area contributed by atoms with Crippen LogP contribution in [0.3, 0.4) is 0 Å². The second-order valence-electron chi connectivity index (χ2n) is 5.73. The number of hydrogen-bond donors (Lipinski definition) is 2. The van der Waals surface area contributed by atoms with Gasteiger partial charge in [-0.25, -0.2) is 9.97 Å². The minimum absolute atomic E-state index is 0.0451. The molecule has 6 heteroatoms. The first-order chi connectivity index (χ1) is 9.35. The van der Waals surface area contributed by atoms with E-state index in [-0.39, 0.29) is 5.41 Å². The summed E-state index contributed by atoms with van der Waals surface area (Å²) in [5, 5.41) is 0. The van der Waals surface area contributed by atoms with Gasteiger partial charge in [-0.1, -0.05) is 20.8 Å². The number of primary amides is 1. The monoisotopic (exact) mass is 274 g/mol. The zero-order valence-corrected chi connectivity index (χ0v) is 11.8. The first-order valence-corrected chi connectivity index (χ1v) is 6.29. The predicted molar refractivity (Wildman–Crippen MR) is 77.1 cm³/mol. The summed E-state index contributed by atoms with van der Waals surface area (Å²) in [7, 11) is 0. The molecule has 0 saturated carbocycles. The molecule has 1 amide bonds. The van der Waals surface area contributed by atoms with Gasteiger partial charge in [0.25, 0.3) is 0 Å². The fourth-order valence-electron chi connectivity index (χ4n) is 1.55. The van der Waals surface area contributed by atoms with Crippen molar-refractivity contribution in [3.63, 3.8) is 0 Å². The number of fused-ring (bicyclic) bond motifs is 1. The molecule has 2 aromatic heterocycles. The highest BCUT2D eigenvalue weighted by Gasteiger charge is 2.13. The van der Waals surface area contributed by atoms with Gasteiger partial charge in [0.1, 0.15) is 5.52 Å². The number of nitrogens with two attached hydrogens (primary N) is 1. The quantitative estimate of drug-likeness (QED) is 0.832. The van der Waals surface area contributed by atoms with Crippen LogP contribution in [0.2, 0.25) is 0 Å². The SMILES string of the molecule is CC(C)(C)COc1cnc2[nH]cc(/C=C/C(N)=O)c2n1. The molecule has 0 radical (unpaired) electrons. The number of nitrogens with zero attached hydrogens (tertiary/aromatic N) is 2. The summed E-state index contributed by atoms with van der Waals surface area (Å²) in [4.78, 5) is 22.4. The molecular weight excluding hydrogens is 256 g/mol. The molecule has 0 aliphatic carbocycles. The lowest BCUT2D eigenvalue weighted by molar-refractivity contribution is -0.113. The van der Waals surface area contributed by atoms with Gasteiger partial charge in [-0.3, -0.25) is 4.79 Å². The van der Waals surface area contributed by atoms with E-state index in [1.54, 1.807) is 18.5 Å². The van der Waals surface area contributed by atoms with Crippen molar-refractivity contribution in [2.75, 3.05) is 6.61 Å². The average Bonchev–Trinajstić information content (AvgIpc) is 2.75. The van der Waals surface area contributed by atoms with Gasteiger partial charge < -0.3 is 15.5 Å². The number of nitrogens with one attached hydrogen (secondary N) is 1. The van der Waals surface area contributed by atoms with Crippen molar-refractivity contribution < 1.29 is 9.53 Å². The number of aromatic amines is 1. The zero-order chi connectivity index (χ0) is 14.8. The number of H-pyrrole nitrogens is 1. The van der Waals surface area contributed by atoms with Crippen molar-refractivity contribution in [2.24, 2.45) is 11.1 Å². The fourth-order valence-corrected chi connectivity index (χ4v) is 1.55. The van der Waals surface area contributed by atoms with Gasteiger partial charge in [0.05, 0.1) is 12.8 Å². The highest BCUT2D eigenvalue weighted by Crippen LogP contribution is 2.20.